The third-order valence-electron chi connectivity index (χ3n) is 6.21. The summed E-state index contributed by atoms with van der Waals surface area (Å²) in [6.07, 6.45) is -12.2. The van der Waals surface area contributed by atoms with Gasteiger partial charge >= 0.3 is 0 Å². The Hall–Kier alpha value is -1.83. The molecule has 2 aliphatic rings. The summed E-state index contributed by atoms with van der Waals surface area (Å²) in [5, 5.41) is 64.0. The number of aliphatic hydroxyl groups excluding tert-OH is 6. The van der Waals surface area contributed by atoms with E-state index in [-0.39, 0.29) is 51.7 Å². The molecule has 2 saturated heterocycles. The zero-order valence-corrected chi connectivity index (χ0v) is 22.2. The molecule has 8 N–H and O–H groups in total. The molecular weight excluding hydrogens is 526 g/mol. The van der Waals surface area contributed by atoms with Crippen molar-refractivity contribution in [3.63, 3.8) is 0 Å². The Morgan fingerprint density at radius 3 is 1.41 bits per heavy atom. The van der Waals surface area contributed by atoms with Crippen LogP contribution in [0.4, 0.5) is 0 Å². The van der Waals surface area contributed by atoms with Gasteiger partial charge in [-0.25, -0.2) is 0 Å². The average Bonchev–Trinajstić information content (AvgIpc) is 2.87. The largest absolute Gasteiger partial charge is 0.388 e. The molecule has 0 aromatic heterocycles. The van der Waals surface area contributed by atoms with E-state index in [0.717, 1.165) is 0 Å². The van der Waals surface area contributed by atoms with Crippen LogP contribution < -0.4 is 10.6 Å². The summed E-state index contributed by atoms with van der Waals surface area (Å²) in [6.45, 7) is 3.50. The number of amides is 2. The van der Waals surface area contributed by atoms with Crippen LogP contribution in [0.1, 0.15) is 20.8 Å². The van der Waals surface area contributed by atoms with Gasteiger partial charge in [-0.1, -0.05) is 0 Å². The molecule has 0 aromatic carbocycles. The Bertz CT molecular complexity index is 749. The molecule has 0 aliphatic carbocycles. The number of ether oxygens (including phenoxy) is 4. The molecule has 2 fully saturated rings. The van der Waals surface area contributed by atoms with Crippen LogP contribution in [-0.4, -0.2) is 160 Å². The Morgan fingerprint density at radius 2 is 1.05 bits per heavy atom. The molecule has 0 bridgehead atoms. The smallest absolute Gasteiger partial charge is 0.234 e. The van der Waals surface area contributed by atoms with Crippen LogP contribution in [0.2, 0.25) is 0 Å². The van der Waals surface area contributed by atoms with Crippen LogP contribution in [0, 0.1) is 0 Å². The third kappa shape index (κ3) is 10.3. The number of nitrogens with zero attached hydrogens (tertiary/aromatic N) is 1. The summed E-state index contributed by atoms with van der Waals surface area (Å²) in [6, 6.07) is 0. The zero-order chi connectivity index (χ0) is 29.3. The fourth-order valence-corrected chi connectivity index (χ4v) is 4.03. The molecule has 0 spiro atoms. The number of carbonyl (C=O) groups excluding carboxylic acids is 3. The minimum Gasteiger partial charge on any atom is -0.388 e. The number of aliphatic hydroxyl groups is 6. The van der Waals surface area contributed by atoms with Crippen LogP contribution in [-0.2, 0) is 33.3 Å². The summed E-state index contributed by atoms with van der Waals surface area (Å²) in [5.74, 6) is -1.26. The lowest BCUT2D eigenvalue weighted by Gasteiger charge is -2.38. The predicted octanol–water partition coefficient (Wildman–Crippen LogP) is -5.20. The zero-order valence-electron chi connectivity index (χ0n) is 22.2. The summed E-state index contributed by atoms with van der Waals surface area (Å²) in [7, 11) is 0. The highest BCUT2D eigenvalue weighted by molar-refractivity contribution is 5.83. The lowest BCUT2D eigenvalue weighted by atomic mass is 10.0. The van der Waals surface area contributed by atoms with Gasteiger partial charge in [-0.3, -0.25) is 19.3 Å². The van der Waals surface area contributed by atoms with Crippen LogP contribution in [0.3, 0.4) is 0 Å². The Balaban J connectivity index is 1.69. The number of Topliss-reactive ketones (excluding diaryl/α,β-unsaturated/α-hetero) is 1. The first kappa shape index (κ1) is 33.4. The lowest BCUT2D eigenvalue weighted by Crippen LogP contribution is -2.57. The van der Waals surface area contributed by atoms with E-state index in [9.17, 15) is 45.0 Å². The first-order valence-corrected chi connectivity index (χ1v) is 12.7. The van der Waals surface area contributed by atoms with Crippen LogP contribution in [0.5, 0.6) is 0 Å². The number of ketones is 1. The van der Waals surface area contributed by atoms with Crippen molar-refractivity contribution in [3.05, 3.63) is 0 Å². The van der Waals surface area contributed by atoms with E-state index in [1.807, 2.05) is 0 Å². The van der Waals surface area contributed by atoms with E-state index < -0.39 is 73.2 Å². The first-order valence-electron chi connectivity index (χ1n) is 12.7. The molecular formula is C23H41N3O13. The molecule has 0 aromatic rings. The highest BCUT2D eigenvalue weighted by Gasteiger charge is 2.43. The van der Waals surface area contributed by atoms with Crippen molar-refractivity contribution in [2.24, 2.45) is 0 Å². The average molecular weight is 568 g/mol. The van der Waals surface area contributed by atoms with Crippen molar-refractivity contribution in [1.82, 2.24) is 15.5 Å². The molecule has 2 heterocycles. The van der Waals surface area contributed by atoms with Crippen molar-refractivity contribution in [2.45, 2.75) is 82.2 Å². The van der Waals surface area contributed by atoms with E-state index in [4.69, 9.17) is 18.9 Å². The second kappa shape index (κ2) is 15.8. The van der Waals surface area contributed by atoms with E-state index in [1.165, 1.54) is 25.7 Å². The normalized spacial score (nSPS) is 35.0. The SMILES string of the molecule is CC(=O)CN(CC(=O)NCCO[C@@H]1O[C@@H](C)[C@@H](O)[C@@H](O)[C@@H]1O)CC(=O)NCCO[C@@H]1O[C@@H](C)[C@@H](O)[C@@H](O)[C@@H]1O. The minimum absolute atomic E-state index is 0.00925. The molecule has 10 atom stereocenters. The summed E-state index contributed by atoms with van der Waals surface area (Å²) in [4.78, 5) is 37.6. The second-order valence-corrected chi connectivity index (χ2v) is 9.65. The molecule has 39 heavy (non-hydrogen) atoms. The molecule has 16 heteroatoms. The van der Waals surface area contributed by atoms with Crippen LogP contribution in [0.25, 0.3) is 0 Å². The standard InChI is InChI=1S/C23H41N3O13/c1-11(27)8-26(9-14(28)24-4-6-36-22-20(34)18(32)16(30)12(2)38-22)10-15(29)25-5-7-37-23-21(35)19(33)17(31)13(3)39-23/h12-13,16-23,30-35H,4-10H2,1-3H3,(H,24,28)(H,25,29)/t12-,13-,16+,17+,18+,19+,20-,21-,22+,23+/m0/s1. The van der Waals surface area contributed by atoms with Crippen molar-refractivity contribution < 1.29 is 64.0 Å². The van der Waals surface area contributed by atoms with E-state index in [0.29, 0.717) is 0 Å². The second-order valence-electron chi connectivity index (χ2n) is 9.65. The third-order valence-corrected chi connectivity index (χ3v) is 6.21. The number of rotatable bonds is 14. The number of carbonyl (C=O) groups is 3. The molecule has 0 unspecified atom stereocenters. The van der Waals surface area contributed by atoms with Gasteiger partial charge in [-0.05, 0) is 20.8 Å². The van der Waals surface area contributed by atoms with Crippen LogP contribution >= 0.6 is 0 Å². The Kier molecular flexibility index (Phi) is 13.5. The van der Waals surface area contributed by atoms with Gasteiger partial charge in [0, 0.05) is 13.1 Å². The first-order chi connectivity index (χ1) is 18.3. The lowest BCUT2D eigenvalue weighted by molar-refractivity contribution is -0.292. The molecule has 2 rings (SSSR count). The number of nitrogens with one attached hydrogen (secondary N) is 2. The summed E-state index contributed by atoms with van der Waals surface area (Å²) in [5.41, 5.74) is 0. The highest BCUT2D eigenvalue weighted by atomic mass is 16.7. The molecule has 16 nitrogen and oxygen atoms in total. The maximum Gasteiger partial charge on any atom is 0.234 e. The van der Waals surface area contributed by atoms with Crippen molar-refractivity contribution >= 4 is 17.6 Å². The van der Waals surface area contributed by atoms with Gasteiger partial charge in [-0.15, -0.1) is 0 Å². The quantitative estimate of drug-likeness (QED) is 0.0916. The van der Waals surface area contributed by atoms with Crippen molar-refractivity contribution in [1.29, 1.82) is 0 Å². The van der Waals surface area contributed by atoms with Gasteiger partial charge < -0.3 is 60.2 Å². The van der Waals surface area contributed by atoms with Crippen molar-refractivity contribution in [3.8, 4) is 0 Å². The Morgan fingerprint density at radius 1 is 0.667 bits per heavy atom. The molecule has 2 amide bonds. The maximum atomic E-state index is 12.3. The molecule has 0 saturated carbocycles. The Labute approximate surface area is 225 Å². The number of hydrogen-bond donors (Lipinski definition) is 8. The molecule has 226 valence electrons. The minimum atomic E-state index is -1.47. The predicted molar refractivity (Wildman–Crippen MR) is 130 cm³/mol. The van der Waals surface area contributed by atoms with Gasteiger partial charge in [0.05, 0.1) is 45.1 Å². The molecule has 2 aliphatic heterocycles. The van der Waals surface area contributed by atoms with Gasteiger partial charge in [0.25, 0.3) is 0 Å². The van der Waals surface area contributed by atoms with Gasteiger partial charge in [0.15, 0.2) is 12.6 Å². The fraction of sp³-hybridized carbons (Fsp3) is 0.870. The fourth-order valence-electron chi connectivity index (χ4n) is 4.03. The van der Waals surface area contributed by atoms with Gasteiger partial charge in [0.1, 0.15) is 42.4 Å². The van der Waals surface area contributed by atoms with Crippen LogP contribution in [0.15, 0.2) is 0 Å². The summed E-state index contributed by atoms with van der Waals surface area (Å²) < 4.78 is 21.3. The van der Waals surface area contributed by atoms with Gasteiger partial charge in [-0.2, -0.15) is 0 Å². The highest BCUT2D eigenvalue weighted by Crippen LogP contribution is 2.22. The van der Waals surface area contributed by atoms with Crippen molar-refractivity contribution in [2.75, 3.05) is 45.9 Å². The van der Waals surface area contributed by atoms with Gasteiger partial charge in [0.2, 0.25) is 11.8 Å². The summed E-state index contributed by atoms with van der Waals surface area (Å²) >= 11 is 0. The number of hydrogen-bond acceptors (Lipinski definition) is 14. The molecule has 0 radical (unpaired) electrons. The van der Waals surface area contributed by atoms with E-state index in [2.05, 4.69) is 10.6 Å². The van der Waals surface area contributed by atoms with E-state index in [1.54, 1.807) is 0 Å². The maximum absolute atomic E-state index is 12.3. The topological polar surface area (TPSA) is 237 Å². The van der Waals surface area contributed by atoms with E-state index >= 15 is 0 Å². The monoisotopic (exact) mass is 567 g/mol.